The molecule has 2 rings (SSSR count). The maximum Gasteiger partial charge on any atom is 0.166 e. The molecule has 0 unspecified atom stereocenters. The zero-order valence-corrected chi connectivity index (χ0v) is 11.0. The van der Waals surface area contributed by atoms with Crippen LogP contribution in [0.5, 0.6) is 5.75 Å². The Morgan fingerprint density at radius 1 is 1.44 bits per heavy atom. The molecule has 1 heterocycles. The zero-order chi connectivity index (χ0) is 11.9. The summed E-state index contributed by atoms with van der Waals surface area (Å²) in [4.78, 5) is 11.0. The number of carbonyl (C=O) groups is 1. The van der Waals surface area contributed by atoms with Crippen molar-refractivity contribution >= 4 is 33.1 Å². The van der Waals surface area contributed by atoms with Gasteiger partial charge in [0.05, 0.1) is 22.8 Å². The normalized spacial score (nSPS) is 10.8. The largest absolute Gasteiger partial charge is 0.495 e. The Morgan fingerprint density at radius 3 is 2.69 bits per heavy atom. The van der Waals surface area contributed by atoms with Gasteiger partial charge in [0.15, 0.2) is 6.29 Å². The number of hydrogen-bond acceptors (Lipinski definition) is 2. The summed E-state index contributed by atoms with van der Waals surface area (Å²) in [6, 6.07) is 3.91. The van der Waals surface area contributed by atoms with Gasteiger partial charge in [-0.1, -0.05) is 0 Å². The summed E-state index contributed by atoms with van der Waals surface area (Å²) in [5.41, 5.74) is 2.70. The SMILES string of the molecule is COc1cc2c(cc1Br)c(C)c(C=O)n2C. The lowest BCUT2D eigenvalue weighted by Crippen LogP contribution is -1.95. The summed E-state index contributed by atoms with van der Waals surface area (Å²) in [6.07, 6.45) is 0.885. The third kappa shape index (κ3) is 1.45. The average Bonchev–Trinajstić information content (AvgIpc) is 2.50. The molecule has 0 aliphatic rings. The van der Waals surface area contributed by atoms with Crippen LogP contribution in [0.15, 0.2) is 16.6 Å². The van der Waals surface area contributed by atoms with Crippen LogP contribution >= 0.6 is 15.9 Å². The number of halogens is 1. The Kier molecular flexibility index (Phi) is 2.76. The molecule has 0 aliphatic carbocycles. The highest BCUT2D eigenvalue weighted by Crippen LogP contribution is 2.33. The van der Waals surface area contributed by atoms with E-state index in [2.05, 4.69) is 15.9 Å². The summed E-state index contributed by atoms with van der Waals surface area (Å²) in [7, 11) is 3.51. The van der Waals surface area contributed by atoms with Crippen LogP contribution in [0.25, 0.3) is 10.9 Å². The number of carbonyl (C=O) groups excluding carboxylic acids is 1. The quantitative estimate of drug-likeness (QED) is 0.793. The van der Waals surface area contributed by atoms with Crippen LogP contribution in [0, 0.1) is 6.92 Å². The minimum atomic E-state index is 0.704. The first-order valence-corrected chi connectivity index (χ1v) is 5.67. The lowest BCUT2D eigenvalue weighted by atomic mass is 10.1. The van der Waals surface area contributed by atoms with E-state index in [0.717, 1.165) is 33.0 Å². The van der Waals surface area contributed by atoms with Crippen LogP contribution in [-0.2, 0) is 7.05 Å². The Hall–Kier alpha value is -1.29. The molecule has 0 saturated heterocycles. The second kappa shape index (κ2) is 3.94. The summed E-state index contributed by atoms with van der Waals surface area (Å²) in [5, 5.41) is 1.07. The number of aromatic nitrogens is 1. The maximum absolute atomic E-state index is 11.0. The van der Waals surface area contributed by atoms with E-state index >= 15 is 0 Å². The highest BCUT2D eigenvalue weighted by Gasteiger charge is 2.13. The van der Waals surface area contributed by atoms with Gasteiger partial charge >= 0.3 is 0 Å². The number of hydrogen-bond donors (Lipinski definition) is 0. The molecule has 0 fully saturated rings. The molecular weight excluding hydrogens is 270 g/mol. The van der Waals surface area contributed by atoms with Crippen molar-refractivity contribution in [2.24, 2.45) is 7.05 Å². The third-order valence-electron chi connectivity index (χ3n) is 2.89. The molecule has 0 amide bonds. The first-order chi connectivity index (χ1) is 7.60. The first kappa shape index (κ1) is 11.2. The summed E-state index contributed by atoms with van der Waals surface area (Å²) in [6.45, 7) is 1.95. The van der Waals surface area contributed by atoms with Gasteiger partial charge in [0.2, 0.25) is 0 Å². The molecule has 0 spiro atoms. The molecule has 84 valence electrons. The number of aryl methyl sites for hydroxylation is 2. The van der Waals surface area contributed by atoms with E-state index in [9.17, 15) is 4.79 Å². The van der Waals surface area contributed by atoms with Crippen molar-refractivity contribution in [1.29, 1.82) is 0 Å². The number of benzene rings is 1. The molecule has 1 aromatic heterocycles. The van der Waals surface area contributed by atoms with Gasteiger partial charge in [0.25, 0.3) is 0 Å². The lowest BCUT2D eigenvalue weighted by molar-refractivity contribution is 0.111. The van der Waals surface area contributed by atoms with E-state index in [1.807, 2.05) is 30.7 Å². The van der Waals surface area contributed by atoms with E-state index in [1.54, 1.807) is 7.11 Å². The molecule has 0 bridgehead atoms. The van der Waals surface area contributed by atoms with Crippen LogP contribution in [0.2, 0.25) is 0 Å². The second-order valence-corrected chi connectivity index (χ2v) is 4.55. The van der Waals surface area contributed by atoms with Crippen molar-refractivity contribution in [3.63, 3.8) is 0 Å². The first-order valence-electron chi connectivity index (χ1n) is 4.87. The molecule has 2 aromatic rings. The number of methoxy groups -OCH3 is 1. The number of fused-ring (bicyclic) bond motifs is 1. The van der Waals surface area contributed by atoms with Crippen molar-refractivity contribution in [2.45, 2.75) is 6.92 Å². The Morgan fingerprint density at radius 2 is 2.12 bits per heavy atom. The minimum Gasteiger partial charge on any atom is -0.495 e. The van der Waals surface area contributed by atoms with Crippen molar-refractivity contribution in [3.05, 3.63) is 27.9 Å². The lowest BCUT2D eigenvalue weighted by Gasteiger charge is -2.04. The summed E-state index contributed by atoms with van der Waals surface area (Å²) >= 11 is 3.44. The molecule has 0 saturated carbocycles. The fraction of sp³-hybridized carbons (Fsp3) is 0.250. The fourth-order valence-electron chi connectivity index (χ4n) is 1.96. The van der Waals surface area contributed by atoms with Crippen LogP contribution < -0.4 is 4.74 Å². The minimum absolute atomic E-state index is 0.704. The van der Waals surface area contributed by atoms with E-state index in [4.69, 9.17) is 4.74 Å². The predicted molar refractivity (Wildman–Crippen MR) is 67.3 cm³/mol. The van der Waals surface area contributed by atoms with Gasteiger partial charge in [-0.3, -0.25) is 4.79 Å². The number of ether oxygens (including phenoxy) is 1. The monoisotopic (exact) mass is 281 g/mol. The summed E-state index contributed by atoms with van der Waals surface area (Å²) < 4.78 is 8.02. The Bertz CT molecular complexity index is 572. The van der Waals surface area contributed by atoms with Crippen molar-refractivity contribution in [1.82, 2.24) is 4.57 Å². The van der Waals surface area contributed by atoms with Gasteiger partial charge in [0, 0.05) is 18.5 Å². The smallest absolute Gasteiger partial charge is 0.166 e. The molecule has 0 aliphatic heterocycles. The van der Waals surface area contributed by atoms with Crippen molar-refractivity contribution in [2.75, 3.05) is 7.11 Å². The molecule has 16 heavy (non-hydrogen) atoms. The highest BCUT2D eigenvalue weighted by atomic mass is 79.9. The average molecular weight is 282 g/mol. The fourth-order valence-corrected chi connectivity index (χ4v) is 2.47. The maximum atomic E-state index is 11.0. The molecule has 3 nitrogen and oxygen atoms in total. The van der Waals surface area contributed by atoms with Gasteiger partial charge in [0.1, 0.15) is 5.75 Å². The third-order valence-corrected chi connectivity index (χ3v) is 3.51. The van der Waals surface area contributed by atoms with Gasteiger partial charge in [-0.15, -0.1) is 0 Å². The molecule has 0 N–H and O–H groups in total. The van der Waals surface area contributed by atoms with Gasteiger partial charge in [-0.2, -0.15) is 0 Å². The molecule has 0 atom stereocenters. The van der Waals surface area contributed by atoms with Crippen LogP contribution in [-0.4, -0.2) is 18.0 Å². The van der Waals surface area contributed by atoms with Crippen molar-refractivity contribution < 1.29 is 9.53 Å². The van der Waals surface area contributed by atoms with Crippen LogP contribution in [0.4, 0.5) is 0 Å². The van der Waals surface area contributed by atoms with E-state index in [0.29, 0.717) is 5.69 Å². The molecule has 1 aromatic carbocycles. The molecule has 0 radical (unpaired) electrons. The van der Waals surface area contributed by atoms with Crippen LogP contribution in [0.1, 0.15) is 16.1 Å². The van der Waals surface area contributed by atoms with Crippen molar-refractivity contribution in [3.8, 4) is 5.75 Å². The van der Waals surface area contributed by atoms with Crippen LogP contribution in [0.3, 0.4) is 0 Å². The number of rotatable bonds is 2. The van der Waals surface area contributed by atoms with E-state index < -0.39 is 0 Å². The number of nitrogens with zero attached hydrogens (tertiary/aromatic N) is 1. The van der Waals surface area contributed by atoms with E-state index in [1.165, 1.54) is 0 Å². The number of aldehydes is 1. The zero-order valence-electron chi connectivity index (χ0n) is 9.37. The summed E-state index contributed by atoms with van der Waals surface area (Å²) in [5.74, 6) is 0.769. The van der Waals surface area contributed by atoms with Gasteiger partial charge in [-0.25, -0.2) is 0 Å². The topological polar surface area (TPSA) is 31.2 Å². The standard InChI is InChI=1S/C12H12BrNO2/c1-7-8-4-9(13)12(16-3)5-10(8)14(2)11(7)6-15/h4-6H,1-3H3. The Labute approximate surface area is 102 Å². The van der Waals surface area contributed by atoms with E-state index in [-0.39, 0.29) is 0 Å². The highest BCUT2D eigenvalue weighted by molar-refractivity contribution is 9.10. The predicted octanol–water partition coefficient (Wildman–Crippen LogP) is 3.07. The van der Waals surface area contributed by atoms with Gasteiger partial charge < -0.3 is 9.30 Å². The van der Waals surface area contributed by atoms with Gasteiger partial charge in [-0.05, 0) is 34.5 Å². The molecular formula is C12H12BrNO2. The Balaban J connectivity index is 2.89. The molecule has 4 heteroatoms. The second-order valence-electron chi connectivity index (χ2n) is 3.69.